The van der Waals surface area contributed by atoms with Crippen LogP contribution in [0.4, 0.5) is 0 Å². The van der Waals surface area contributed by atoms with Crippen molar-refractivity contribution in [2.24, 2.45) is 5.92 Å². The summed E-state index contributed by atoms with van der Waals surface area (Å²) in [5, 5.41) is 10.6. The van der Waals surface area contributed by atoms with Gasteiger partial charge in [-0.25, -0.2) is 0 Å². The molecule has 0 unspecified atom stereocenters. The fourth-order valence-electron chi connectivity index (χ4n) is 2.28. The molecule has 1 N–H and O–H groups in total. The quantitative estimate of drug-likeness (QED) is 0.812. The van der Waals surface area contributed by atoms with E-state index in [1.165, 1.54) is 6.42 Å². The van der Waals surface area contributed by atoms with Crippen LogP contribution in [0.2, 0.25) is 0 Å². The van der Waals surface area contributed by atoms with Crippen molar-refractivity contribution in [2.45, 2.75) is 31.8 Å². The topological polar surface area (TPSA) is 20.2 Å². The molecular weight excluding hydrogens is 264 g/mol. The lowest BCUT2D eigenvalue weighted by Gasteiger charge is -2.33. The molecule has 16 heavy (non-hydrogen) atoms. The van der Waals surface area contributed by atoms with Gasteiger partial charge in [-0.15, -0.1) is 0 Å². The van der Waals surface area contributed by atoms with Crippen LogP contribution in [0.15, 0.2) is 40.9 Å². The molecule has 0 aromatic heterocycles. The summed E-state index contributed by atoms with van der Waals surface area (Å²) in [5.74, 6) is 0.238. The molecule has 0 fully saturated rings. The Labute approximate surface area is 105 Å². The van der Waals surface area contributed by atoms with Crippen molar-refractivity contribution >= 4 is 15.9 Å². The maximum atomic E-state index is 10.6. The summed E-state index contributed by atoms with van der Waals surface area (Å²) >= 11 is 3.41. The number of rotatable bonds is 2. The van der Waals surface area contributed by atoms with Gasteiger partial charge < -0.3 is 5.11 Å². The predicted octanol–water partition coefficient (Wildman–Crippen LogP) is 4.01. The molecular formula is C14H17BrO. The van der Waals surface area contributed by atoms with Crippen molar-refractivity contribution in [1.29, 1.82) is 0 Å². The van der Waals surface area contributed by atoms with Crippen LogP contribution in [-0.2, 0) is 5.60 Å². The molecule has 0 spiro atoms. The standard InChI is InChI=1S/C14H17BrO/c1-14(16,11-5-3-2-4-6-11)12-7-9-13(15)10-8-12/h3,5,7-11,16H,2,4,6H2,1H3/t11-,14-/m0/s1. The molecule has 0 heterocycles. The SMILES string of the molecule is C[C@@](O)(c1ccc(Br)cc1)[C@H]1C=CCCC1. The molecule has 0 bridgehead atoms. The Morgan fingerprint density at radius 1 is 1.31 bits per heavy atom. The van der Waals surface area contributed by atoms with E-state index in [4.69, 9.17) is 0 Å². The number of benzene rings is 1. The Balaban J connectivity index is 2.26. The molecule has 1 aromatic rings. The van der Waals surface area contributed by atoms with Crippen LogP contribution in [0.1, 0.15) is 31.7 Å². The summed E-state index contributed by atoms with van der Waals surface area (Å²) in [6.07, 6.45) is 7.73. The zero-order valence-electron chi connectivity index (χ0n) is 9.49. The van der Waals surface area contributed by atoms with Crippen LogP contribution < -0.4 is 0 Å². The average molecular weight is 281 g/mol. The first-order valence-corrected chi connectivity index (χ1v) is 6.55. The number of hydrogen-bond acceptors (Lipinski definition) is 1. The molecule has 0 amide bonds. The highest BCUT2D eigenvalue weighted by Gasteiger charge is 2.32. The molecule has 0 aliphatic heterocycles. The summed E-state index contributed by atoms with van der Waals surface area (Å²) in [7, 11) is 0. The Morgan fingerprint density at radius 3 is 2.56 bits per heavy atom. The summed E-state index contributed by atoms with van der Waals surface area (Å²) < 4.78 is 1.05. The third-order valence-electron chi connectivity index (χ3n) is 3.40. The highest BCUT2D eigenvalue weighted by molar-refractivity contribution is 9.10. The van der Waals surface area contributed by atoms with E-state index >= 15 is 0 Å². The maximum Gasteiger partial charge on any atom is 0.0930 e. The van der Waals surface area contributed by atoms with E-state index in [9.17, 15) is 5.11 Å². The Kier molecular flexibility index (Phi) is 3.50. The van der Waals surface area contributed by atoms with Gasteiger partial charge in [0, 0.05) is 10.4 Å². The highest BCUT2D eigenvalue weighted by Crippen LogP contribution is 2.36. The first-order chi connectivity index (χ1) is 7.60. The predicted molar refractivity (Wildman–Crippen MR) is 70.2 cm³/mol. The van der Waals surface area contributed by atoms with Crippen molar-refractivity contribution in [3.05, 3.63) is 46.5 Å². The first-order valence-electron chi connectivity index (χ1n) is 5.76. The van der Waals surface area contributed by atoms with Crippen molar-refractivity contribution in [2.75, 3.05) is 0 Å². The Bertz CT molecular complexity index is 378. The van der Waals surface area contributed by atoms with Crippen LogP contribution in [0.3, 0.4) is 0 Å². The Hall–Kier alpha value is -0.600. The van der Waals surface area contributed by atoms with Gasteiger partial charge in [0.15, 0.2) is 0 Å². The van der Waals surface area contributed by atoms with Gasteiger partial charge in [-0.1, -0.05) is 40.2 Å². The second-order valence-electron chi connectivity index (χ2n) is 4.62. The van der Waals surface area contributed by atoms with E-state index < -0.39 is 5.60 Å². The fraction of sp³-hybridized carbons (Fsp3) is 0.429. The van der Waals surface area contributed by atoms with Crippen molar-refractivity contribution in [1.82, 2.24) is 0 Å². The van der Waals surface area contributed by atoms with E-state index in [0.29, 0.717) is 0 Å². The summed E-state index contributed by atoms with van der Waals surface area (Å²) in [6.45, 7) is 1.91. The van der Waals surface area contributed by atoms with Gasteiger partial charge in [-0.2, -0.15) is 0 Å². The van der Waals surface area contributed by atoms with E-state index in [1.807, 2.05) is 31.2 Å². The highest BCUT2D eigenvalue weighted by atomic mass is 79.9. The van der Waals surface area contributed by atoms with Gasteiger partial charge in [0.25, 0.3) is 0 Å². The lowest BCUT2D eigenvalue weighted by Crippen LogP contribution is -2.31. The van der Waals surface area contributed by atoms with Crippen LogP contribution in [-0.4, -0.2) is 5.11 Å². The lowest BCUT2D eigenvalue weighted by molar-refractivity contribution is 0.00799. The van der Waals surface area contributed by atoms with Gasteiger partial charge in [0.05, 0.1) is 5.60 Å². The Morgan fingerprint density at radius 2 is 2.00 bits per heavy atom. The zero-order chi connectivity index (χ0) is 11.6. The lowest BCUT2D eigenvalue weighted by atomic mass is 9.78. The molecule has 1 aliphatic rings. The molecule has 2 heteroatoms. The van der Waals surface area contributed by atoms with Crippen molar-refractivity contribution in [3.63, 3.8) is 0 Å². The first kappa shape index (κ1) is 11.9. The molecule has 0 saturated heterocycles. The van der Waals surface area contributed by atoms with Crippen molar-refractivity contribution in [3.8, 4) is 0 Å². The van der Waals surface area contributed by atoms with Crippen LogP contribution in [0.25, 0.3) is 0 Å². The monoisotopic (exact) mass is 280 g/mol. The number of allylic oxidation sites excluding steroid dienone is 1. The molecule has 0 radical (unpaired) electrons. The molecule has 86 valence electrons. The molecule has 0 saturated carbocycles. The molecule has 2 rings (SSSR count). The number of aliphatic hydroxyl groups is 1. The minimum Gasteiger partial charge on any atom is -0.385 e. The number of halogens is 1. The van der Waals surface area contributed by atoms with Crippen LogP contribution >= 0.6 is 15.9 Å². The van der Waals surface area contributed by atoms with E-state index in [1.54, 1.807) is 0 Å². The molecule has 1 aromatic carbocycles. The zero-order valence-corrected chi connectivity index (χ0v) is 11.1. The largest absolute Gasteiger partial charge is 0.385 e. The minimum absolute atomic E-state index is 0.238. The molecule has 1 aliphatic carbocycles. The van der Waals surface area contributed by atoms with Gasteiger partial charge >= 0.3 is 0 Å². The molecule has 1 nitrogen and oxygen atoms in total. The summed E-state index contributed by atoms with van der Waals surface area (Å²) in [6, 6.07) is 7.95. The van der Waals surface area contributed by atoms with Crippen LogP contribution in [0, 0.1) is 5.92 Å². The summed E-state index contributed by atoms with van der Waals surface area (Å²) in [5.41, 5.74) is 0.240. The second kappa shape index (κ2) is 4.72. The normalized spacial score (nSPS) is 24.1. The van der Waals surface area contributed by atoms with Crippen LogP contribution in [0.5, 0.6) is 0 Å². The van der Waals surface area contributed by atoms with Gasteiger partial charge in [0.2, 0.25) is 0 Å². The van der Waals surface area contributed by atoms with E-state index in [0.717, 1.165) is 22.9 Å². The van der Waals surface area contributed by atoms with Gasteiger partial charge in [-0.05, 0) is 43.9 Å². The van der Waals surface area contributed by atoms with E-state index in [2.05, 4.69) is 28.1 Å². The average Bonchev–Trinajstić information content (AvgIpc) is 2.31. The van der Waals surface area contributed by atoms with E-state index in [-0.39, 0.29) is 5.92 Å². The minimum atomic E-state index is -0.752. The number of hydrogen-bond donors (Lipinski definition) is 1. The molecule has 2 atom stereocenters. The van der Waals surface area contributed by atoms with Gasteiger partial charge in [-0.3, -0.25) is 0 Å². The maximum absolute atomic E-state index is 10.6. The third kappa shape index (κ3) is 2.38. The second-order valence-corrected chi connectivity index (χ2v) is 5.54. The third-order valence-corrected chi connectivity index (χ3v) is 3.93. The van der Waals surface area contributed by atoms with Gasteiger partial charge in [0.1, 0.15) is 0 Å². The van der Waals surface area contributed by atoms with Crippen molar-refractivity contribution < 1.29 is 5.11 Å². The fourth-order valence-corrected chi connectivity index (χ4v) is 2.55. The summed E-state index contributed by atoms with van der Waals surface area (Å²) in [4.78, 5) is 0. The smallest absolute Gasteiger partial charge is 0.0930 e.